The molecule has 1 aliphatic rings. The number of imidazole rings is 1. The van der Waals surface area contributed by atoms with E-state index in [1.54, 1.807) is 12.1 Å². The first-order valence-corrected chi connectivity index (χ1v) is 9.22. The molecule has 134 valence electrons. The summed E-state index contributed by atoms with van der Waals surface area (Å²) in [6.45, 7) is 1.74. The molecule has 26 heavy (non-hydrogen) atoms. The fourth-order valence-electron chi connectivity index (χ4n) is 3.65. The van der Waals surface area contributed by atoms with E-state index in [2.05, 4.69) is 0 Å². The van der Waals surface area contributed by atoms with Gasteiger partial charge in [0.1, 0.15) is 11.5 Å². The van der Waals surface area contributed by atoms with E-state index in [1.165, 1.54) is 18.6 Å². The van der Waals surface area contributed by atoms with Crippen LogP contribution in [0.2, 0.25) is 0 Å². The molecule has 0 bridgehead atoms. The van der Waals surface area contributed by atoms with Crippen LogP contribution < -0.4 is 0 Å². The number of carbonyl (C=O) groups is 1. The Hall–Kier alpha value is -2.69. The molecule has 0 aliphatic carbocycles. The number of pyridine rings is 1. The van der Waals surface area contributed by atoms with E-state index in [1.807, 2.05) is 33.7 Å². The molecule has 1 saturated heterocycles. The van der Waals surface area contributed by atoms with Gasteiger partial charge < -0.3 is 9.30 Å². The van der Waals surface area contributed by atoms with Gasteiger partial charge in [-0.15, -0.1) is 0 Å². The number of carbonyl (C=O) groups excluding carboxylic acids is 1. The van der Waals surface area contributed by atoms with Gasteiger partial charge in [-0.05, 0) is 62.1 Å². The molecule has 1 aromatic carbocycles. The third-order valence-corrected chi connectivity index (χ3v) is 5.03. The highest BCUT2D eigenvalue weighted by Gasteiger charge is 2.19. The summed E-state index contributed by atoms with van der Waals surface area (Å²) >= 11 is 0. The minimum atomic E-state index is -0.264. The van der Waals surface area contributed by atoms with Gasteiger partial charge in [0.05, 0.1) is 11.4 Å². The smallest absolute Gasteiger partial charge is 0.222 e. The van der Waals surface area contributed by atoms with Gasteiger partial charge in [0.25, 0.3) is 0 Å². The largest absolute Gasteiger partial charge is 0.343 e. The Morgan fingerprint density at radius 3 is 2.58 bits per heavy atom. The number of hydrogen-bond acceptors (Lipinski definition) is 2. The number of likely N-dealkylation sites (tertiary alicyclic amines) is 1. The van der Waals surface area contributed by atoms with Crippen LogP contribution in [0.25, 0.3) is 16.9 Å². The van der Waals surface area contributed by atoms with Gasteiger partial charge in [-0.25, -0.2) is 9.37 Å². The molecule has 1 aliphatic heterocycles. The first-order chi connectivity index (χ1) is 12.7. The van der Waals surface area contributed by atoms with Crippen LogP contribution >= 0.6 is 0 Å². The fraction of sp³-hybridized carbons (Fsp3) is 0.333. The Kier molecular flexibility index (Phi) is 4.69. The van der Waals surface area contributed by atoms with Crippen LogP contribution in [0.1, 0.15) is 31.4 Å². The van der Waals surface area contributed by atoms with Gasteiger partial charge in [-0.2, -0.15) is 0 Å². The van der Waals surface area contributed by atoms with Gasteiger partial charge >= 0.3 is 0 Å². The SMILES string of the molecule is O=C(CCc1c(-c2ccc(F)cc2)nc2ccccn12)N1CCCCC1. The topological polar surface area (TPSA) is 37.6 Å². The average Bonchev–Trinajstić information content (AvgIpc) is 3.06. The molecule has 0 spiro atoms. The molecule has 5 heteroatoms. The predicted molar refractivity (Wildman–Crippen MR) is 99.3 cm³/mol. The number of hydrogen-bond donors (Lipinski definition) is 0. The van der Waals surface area contributed by atoms with E-state index in [9.17, 15) is 9.18 Å². The second-order valence-corrected chi connectivity index (χ2v) is 6.78. The van der Waals surface area contributed by atoms with Crippen molar-refractivity contribution in [2.45, 2.75) is 32.1 Å². The van der Waals surface area contributed by atoms with Crippen LogP contribution in [0.4, 0.5) is 4.39 Å². The first kappa shape index (κ1) is 16.8. The summed E-state index contributed by atoms with van der Waals surface area (Å²) in [6.07, 6.45) is 6.47. The average molecular weight is 351 g/mol. The van der Waals surface area contributed by atoms with E-state index in [0.717, 1.165) is 48.5 Å². The second kappa shape index (κ2) is 7.28. The van der Waals surface area contributed by atoms with Crippen molar-refractivity contribution in [2.24, 2.45) is 0 Å². The normalized spacial score (nSPS) is 14.7. The van der Waals surface area contributed by atoms with Crippen molar-refractivity contribution >= 4 is 11.6 Å². The van der Waals surface area contributed by atoms with Crippen LogP contribution in [-0.4, -0.2) is 33.3 Å². The molecule has 0 atom stereocenters. The number of benzene rings is 1. The van der Waals surface area contributed by atoms with Crippen LogP contribution in [0.5, 0.6) is 0 Å². The third kappa shape index (κ3) is 3.34. The van der Waals surface area contributed by atoms with E-state index in [-0.39, 0.29) is 11.7 Å². The van der Waals surface area contributed by atoms with E-state index >= 15 is 0 Å². The van der Waals surface area contributed by atoms with E-state index in [0.29, 0.717) is 12.8 Å². The maximum Gasteiger partial charge on any atom is 0.222 e. The zero-order valence-corrected chi connectivity index (χ0v) is 14.7. The number of nitrogens with zero attached hydrogens (tertiary/aromatic N) is 3. The number of piperidine rings is 1. The Bertz CT molecular complexity index is 911. The molecular formula is C21H22FN3O. The zero-order chi connectivity index (χ0) is 17.9. The highest BCUT2D eigenvalue weighted by Crippen LogP contribution is 2.26. The van der Waals surface area contributed by atoms with Crippen molar-refractivity contribution in [1.29, 1.82) is 0 Å². The van der Waals surface area contributed by atoms with Crippen molar-refractivity contribution in [3.8, 4) is 11.3 Å². The lowest BCUT2D eigenvalue weighted by Gasteiger charge is -2.26. The number of fused-ring (bicyclic) bond motifs is 1. The van der Waals surface area contributed by atoms with Gasteiger partial charge in [-0.1, -0.05) is 6.07 Å². The summed E-state index contributed by atoms with van der Waals surface area (Å²) in [5.41, 5.74) is 3.53. The summed E-state index contributed by atoms with van der Waals surface area (Å²) < 4.78 is 15.3. The third-order valence-electron chi connectivity index (χ3n) is 5.03. The standard InChI is InChI=1S/C21H22FN3O/c22-17-9-7-16(8-10-17)21-18(25-15-5-2-6-19(25)23-21)11-12-20(26)24-13-3-1-4-14-24/h2,5-10,15H,1,3-4,11-14H2. The number of rotatable bonds is 4. The molecule has 4 nitrogen and oxygen atoms in total. The monoisotopic (exact) mass is 351 g/mol. The maximum atomic E-state index is 13.3. The van der Waals surface area contributed by atoms with Crippen molar-refractivity contribution in [3.63, 3.8) is 0 Å². The first-order valence-electron chi connectivity index (χ1n) is 9.22. The number of aryl methyl sites for hydroxylation is 1. The lowest BCUT2D eigenvalue weighted by atomic mass is 10.1. The van der Waals surface area contributed by atoms with Crippen LogP contribution in [0.3, 0.4) is 0 Å². The Morgan fingerprint density at radius 2 is 1.81 bits per heavy atom. The van der Waals surface area contributed by atoms with E-state index < -0.39 is 0 Å². The molecule has 1 fully saturated rings. The van der Waals surface area contributed by atoms with Crippen molar-refractivity contribution < 1.29 is 9.18 Å². The minimum absolute atomic E-state index is 0.209. The molecule has 0 unspecified atom stereocenters. The summed E-state index contributed by atoms with van der Waals surface area (Å²) in [5.74, 6) is -0.0556. The van der Waals surface area contributed by atoms with Crippen LogP contribution in [0, 0.1) is 5.82 Å². The molecule has 0 N–H and O–H groups in total. The van der Waals surface area contributed by atoms with Gasteiger partial charge in [0.15, 0.2) is 0 Å². The predicted octanol–water partition coefficient (Wildman–Crippen LogP) is 4.09. The maximum absolute atomic E-state index is 13.3. The summed E-state index contributed by atoms with van der Waals surface area (Å²) in [6, 6.07) is 12.2. The van der Waals surface area contributed by atoms with Crippen molar-refractivity contribution in [2.75, 3.05) is 13.1 Å². The lowest BCUT2D eigenvalue weighted by Crippen LogP contribution is -2.35. The number of aromatic nitrogens is 2. The fourth-order valence-corrected chi connectivity index (χ4v) is 3.65. The molecule has 2 aromatic heterocycles. The molecule has 0 radical (unpaired) electrons. The minimum Gasteiger partial charge on any atom is -0.343 e. The highest BCUT2D eigenvalue weighted by molar-refractivity contribution is 5.77. The summed E-state index contributed by atoms with van der Waals surface area (Å²) in [7, 11) is 0. The van der Waals surface area contributed by atoms with Gasteiger partial charge in [-0.3, -0.25) is 4.79 Å². The van der Waals surface area contributed by atoms with Crippen molar-refractivity contribution in [3.05, 3.63) is 60.2 Å². The van der Waals surface area contributed by atoms with Gasteiger partial charge in [0.2, 0.25) is 5.91 Å². The summed E-state index contributed by atoms with van der Waals surface area (Å²) in [4.78, 5) is 19.3. The Balaban J connectivity index is 1.63. The Labute approximate surface area is 152 Å². The van der Waals surface area contributed by atoms with Crippen LogP contribution in [0.15, 0.2) is 48.7 Å². The number of halogens is 1. The Morgan fingerprint density at radius 1 is 1.04 bits per heavy atom. The summed E-state index contributed by atoms with van der Waals surface area (Å²) in [5, 5.41) is 0. The molecular weight excluding hydrogens is 329 g/mol. The molecule has 3 heterocycles. The molecule has 3 aromatic rings. The zero-order valence-electron chi connectivity index (χ0n) is 14.7. The molecule has 1 amide bonds. The van der Waals surface area contributed by atoms with Gasteiger partial charge in [0, 0.05) is 31.3 Å². The van der Waals surface area contributed by atoms with E-state index in [4.69, 9.17) is 4.98 Å². The molecule has 0 saturated carbocycles. The number of amides is 1. The quantitative estimate of drug-likeness (QED) is 0.710. The van der Waals surface area contributed by atoms with Crippen LogP contribution in [-0.2, 0) is 11.2 Å². The highest BCUT2D eigenvalue weighted by atomic mass is 19.1. The second-order valence-electron chi connectivity index (χ2n) is 6.78. The van der Waals surface area contributed by atoms with Crippen molar-refractivity contribution in [1.82, 2.24) is 14.3 Å². The molecule has 4 rings (SSSR count). The lowest BCUT2D eigenvalue weighted by molar-refractivity contribution is -0.132.